The number of rotatable bonds is 2. The van der Waals surface area contributed by atoms with Crippen molar-refractivity contribution >= 4 is 17.3 Å². The molecule has 2 heterocycles. The second-order valence-electron chi connectivity index (χ2n) is 5.90. The molecule has 0 radical (unpaired) electrons. The molecule has 2 atom stereocenters. The van der Waals surface area contributed by atoms with Crippen LogP contribution in [-0.4, -0.2) is 42.5 Å². The number of benzene rings is 1. The van der Waals surface area contributed by atoms with Crippen LogP contribution in [0.4, 0.5) is 11.4 Å². The lowest BCUT2D eigenvalue weighted by molar-refractivity contribution is 0.1000. The van der Waals surface area contributed by atoms with E-state index in [1.807, 2.05) is 6.07 Å². The fourth-order valence-corrected chi connectivity index (χ4v) is 3.58. The van der Waals surface area contributed by atoms with Gasteiger partial charge in [-0.1, -0.05) is 6.07 Å². The lowest BCUT2D eigenvalue weighted by Gasteiger charge is -2.44. The Bertz CT molecular complexity index is 531. The molecule has 5 nitrogen and oxygen atoms in total. The molecule has 0 aromatic heterocycles. The van der Waals surface area contributed by atoms with Crippen molar-refractivity contribution in [2.24, 2.45) is 5.73 Å². The second kappa shape index (κ2) is 4.98. The number of primary amides is 1. The van der Waals surface area contributed by atoms with Crippen LogP contribution >= 0.6 is 0 Å². The summed E-state index contributed by atoms with van der Waals surface area (Å²) in [7, 11) is 0. The van der Waals surface area contributed by atoms with Crippen molar-refractivity contribution in [1.29, 1.82) is 0 Å². The van der Waals surface area contributed by atoms with E-state index in [0.29, 0.717) is 23.3 Å². The van der Waals surface area contributed by atoms with Crippen molar-refractivity contribution in [1.82, 2.24) is 4.90 Å². The molecule has 108 valence electrons. The normalized spacial score (nSPS) is 26.6. The van der Waals surface area contributed by atoms with E-state index < -0.39 is 5.91 Å². The Morgan fingerprint density at radius 3 is 2.90 bits per heavy atom. The molecular weight excluding hydrogens is 252 g/mol. The van der Waals surface area contributed by atoms with E-state index in [2.05, 4.69) is 16.7 Å². The first-order valence-corrected chi connectivity index (χ1v) is 7.27. The van der Waals surface area contributed by atoms with Gasteiger partial charge in [0.15, 0.2) is 0 Å². The van der Waals surface area contributed by atoms with E-state index in [-0.39, 0.29) is 0 Å². The van der Waals surface area contributed by atoms with Gasteiger partial charge in [0.05, 0.1) is 16.9 Å². The van der Waals surface area contributed by atoms with Crippen LogP contribution in [0.5, 0.6) is 0 Å². The summed E-state index contributed by atoms with van der Waals surface area (Å²) in [5.74, 6) is -0.409. The molecule has 1 aromatic rings. The Morgan fingerprint density at radius 1 is 1.35 bits per heavy atom. The molecule has 5 heteroatoms. The van der Waals surface area contributed by atoms with Crippen LogP contribution in [0.1, 0.15) is 30.1 Å². The molecule has 0 bridgehead atoms. The maximum Gasteiger partial charge on any atom is 0.250 e. The molecule has 0 saturated carbocycles. The third-order valence-corrected chi connectivity index (χ3v) is 4.56. The second-order valence-corrected chi connectivity index (χ2v) is 5.90. The number of fused-ring (bicyclic) bond motifs is 1. The number of carbonyl (C=O) groups is 1. The zero-order valence-electron chi connectivity index (χ0n) is 11.9. The monoisotopic (exact) mass is 274 g/mol. The van der Waals surface area contributed by atoms with Crippen LogP contribution in [-0.2, 0) is 0 Å². The molecular formula is C15H22N4O. The third-order valence-electron chi connectivity index (χ3n) is 4.56. The molecule has 2 fully saturated rings. The summed E-state index contributed by atoms with van der Waals surface area (Å²) in [6.07, 6.45) is 2.49. The van der Waals surface area contributed by atoms with E-state index >= 15 is 0 Å². The fraction of sp³-hybridized carbons (Fsp3) is 0.533. The molecule has 1 aromatic carbocycles. The van der Waals surface area contributed by atoms with E-state index in [4.69, 9.17) is 11.5 Å². The zero-order valence-corrected chi connectivity index (χ0v) is 11.9. The van der Waals surface area contributed by atoms with E-state index in [1.54, 1.807) is 12.1 Å². The lowest BCUT2D eigenvalue weighted by atomic mass is 10.0. The van der Waals surface area contributed by atoms with Crippen molar-refractivity contribution < 1.29 is 4.79 Å². The van der Waals surface area contributed by atoms with Crippen molar-refractivity contribution in [2.45, 2.75) is 31.8 Å². The first-order chi connectivity index (χ1) is 9.58. The van der Waals surface area contributed by atoms with Crippen LogP contribution in [0, 0.1) is 0 Å². The molecule has 20 heavy (non-hydrogen) atoms. The standard InChI is InChI=1S/C15H22N4O/c1-10-8-18-7-3-4-11(18)9-19(10)14-12(15(17)20)5-2-6-13(14)16/h2,5-6,10-11H,3-4,7-9,16H2,1H3,(H2,17,20). The summed E-state index contributed by atoms with van der Waals surface area (Å²) >= 11 is 0. The molecule has 2 unspecified atom stereocenters. The predicted molar refractivity (Wildman–Crippen MR) is 80.8 cm³/mol. The van der Waals surface area contributed by atoms with Crippen LogP contribution in [0.15, 0.2) is 18.2 Å². The number of nitrogen functional groups attached to an aromatic ring is 1. The molecule has 4 N–H and O–H groups in total. The number of nitrogens with two attached hydrogens (primary N) is 2. The Hall–Kier alpha value is -1.75. The maximum atomic E-state index is 11.7. The van der Waals surface area contributed by atoms with Crippen LogP contribution < -0.4 is 16.4 Å². The van der Waals surface area contributed by atoms with Gasteiger partial charge in [-0.3, -0.25) is 9.69 Å². The fourth-order valence-electron chi connectivity index (χ4n) is 3.58. The summed E-state index contributed by atoms with van der Waals surface area (Å²) in [6.45, 7) is 5.33. The van der Waals surface area contributed by atoms with E-state index in [1.165, 1.54) is 19.4 Å². The smallest absolute Gasteiger partial charge is 0.250 e. The largest absolute Gasteiger partial charge is 0.397 e. The average Bonchev–Trinajstić information content (AvgIpc) is 2.84. The Morgan fingerprint density at radius 2 is 2.15 bits per heavy atom. The van der Waals surface area contributed by atoms with Crippen molar-refractivity contribution in [3.8, 4) is 0 Å². The summed E-state index contributed by atoms with van der Waals surface area (Å²) in [6, 6.07) is 6.31. The van der Waals surface area contributed by atoms with Gasteiger partial charge in [-0.15, -0.1) is 0 Å². The van der Waals surface area contributed by atoms with Crippen LogP contribution in [0.3, 0.4) is 0 Å². The highest BCUT2D eigenvalue weighted by molar-refractivity contribution is 6.01. The maximum absolute atomic E-state index is 11.7. The minimum atomic E-state index is -0.409. The Kier molecular flexibility index (Phi) is 3.30. The SMILES string of the molecule is CC1CN2CCCC2CN1c1c(N)cccc1C(N)=O. The summed E-state index contributed by atoms with van der Waals surface area (Å²) in [5.41, 5.74) is 13.6. The Labute approximate surface area is 119 Å². The topological polar surface area (TPSA) is 75.6 Å². The number of anilines is 2. The summed E-state index contributed by atoms with van der Waals surface area (Å²) < 4.78 is 0. The molecule has 1 amide bonds. The third kappa shape index (κ3) is 2.12. The van der Waals surface area contributed by atoms with Gasteiger partial charge in [0.2, 0.25) is 0 Å². The number of carbonyl (C=O) groups excluding carboxylic acids is 1. The lowest BCUT2D eigenvalue weighted by Crippen LogP contribution is -2.55. The Balaban J connectivity index is 1.97. The van der Waals surface area contributed by atoms with Crippen molar-refractivity contribution in [2.75, 3.05) is 30.3 Å². The molecule has 3 rings (SSSR count). The average molecular weight is 274 g/mol. The number of piperazine rings is 1. The van der Waals surface area contributed by atoms with Gasteiger partial charge in [-0.2, -0.15) is 0 Å². The highest BCUT2D eigenvalue weighted by atomic mass is 16.1. The molecule has 2 aliphatic rings. The first kappa shape index (κ1) is 13.2. The number of amides is 1. The molecule has 0 aliphatic carbocycles. The minimum absolute atomic E-state index is 0.340. The van der Waals surface area contributed by atoms with E-state index in [0.717, 1.165) is 18.8 Å². The number of hydrogen-bond acceptors (Lipinski definition) is 4. The van der Waals surface area contributed by atoms with Crippen molar-refractivity contribution in [3.05, 3.63) is 23.8 Å². The van der Waals surface area contributed by atoms with Gasteiger partial charge in [-0.25, -0.2) is 0 Å². The predicted octanol–water partition coefficient (Wildman–Crippen LogP) is 1.04. The van der Waals surface area contributed by atoms with Crippen molar-refractivity contribution in [3.63, 3.8) is 0 Å². The van der Waals surface area contributed by atoms with Gasteiger partial charge < -0.3 is 16.4 Å². The highest BCUT2D eigenvalue weighted by Crippen LogP contribution is 2.34. The highest BCUT2D eigenvalue weighted by Gasteiger charge is 2.36. The number of nitrogens with zero attached hydrogens (tertiary/aromatic N) is 2. The zero-order chi connectivity index (χ0) is 14.3. The quantitative estimate of drug-likeness (QED) is 0.790. The van der Waals surface area contributed by atoms with Gasteiger partial charge in [-0.05, 0) is 38.4 Å². The summed E-state index contributed by atoms with van der Waals surface area (Å²) in [5, 5.41) is 0. The summed E-state index contributed by atoms with van der Waals surface area (Å²) in [4.78, 5) is 16.5. The van der Waals surface area contributed by atoms with Gasteiger partial charge in [0.25, 0.3) is 5.91 Å². The first-order valence-electron chi connectivity index (χ1n) is 7.27. The van der Waals surface area contributed by atoms with Crippen LogP contribution in [0.2, 0.25) is 0 Å². The minimum Gasteiger partial charge on any atom is -0.397 e. The molecule has 2 saturated heterocycles. The van der Waals surface area contributed by atoms with E-state index in [9.17, 15) is 4.79 Å². The number of para-hydroxylation sites is 1. The van der Waals surface area contributed by atoms with Gasteiger partial charge >= 0.3 is 0 Å². The number of hydrogen-bond donors (Lipinski definition) is 2. The van der Waals surface area contributed by atoms with Gasteiger partial charge in [0.1, 0.15) is 0 Å². The molecule has 0 spiro atoms. The van der Waals surface area contributed by atoms with Crippen LogP contribution in [0.25, 0.3) is 0 Å². The van der Waals surface area contributed by atoms with Gasteiger partial charge in [0, 0.05) is 25.2 Å². The molecule has 2 aliphatic heterocycles.